The molecule has 3 rings (SSSR count). The molecule has 1 N–H and O–H groups in total. The van der Waals surface area contributed by atoms with Gasteiger partial charge in [-0.1, -0.05) is 13.3 Å². The van der Waals surface area contributed by atoms with Gasteiger partial charge in [-0.3, -0.25) is 9.69 Å². The SMILES string of the molecule is CCNC1CC2CCCC(C1)N2CCC(=O)N1CCCC1. The summed E-state index contributed by atoms with van der Waals surface area (Å²) in [6.07, 6.45) is 9.73. The molecule has 3 heterocycles. The topological polar surface area (TPSA) is 35.6 Å². The van der Waals surface area contributed by atoms with Gasteiger partial charge < -0.3 is 10.2 Å². The zero-order valence-electron chi connectivity index (χ0n) is 13.5. The van der Waals surface area contributed by atoms with E-state index in [9.17, 15) is 4.79 Å². The molecular weight excluding hydrogens is 262 g/mol. The van der Waals surface area contributed by atoms with Crippen molar-refractivity contribution >= 4 is 5.91 Å². The number of carbonyl (C=O) groups excluding carboxylic acids is 1. The monoisotopic (exact) mass is 293 g/mol. The van der Waals surface area contributed by atoms with Gasteiger partial charge in [0.05, 0.1) is 0 Å². The molecule has 0 aromatic rings. The predicted molar refractivity (Wildman–Crippen MR) is 85.3 cm³/mol. The quantitative estimate of drug-likeness (QED) is 0.842. The van der Waals surface area contributed by atoms with Crippen molar-refractivity contribution in [3.63, 3.8) is 0 Å². The maximum Gasteiger partial charge on any atom is 0.223 e. The molecule has 21 heavy (non-hydrogen) atoms. The number of hydrogen-bond acceptors (Lipinski definition) is 3. The maximum atomic E-state index is 12.3. The smallest absolute Gasteiger partial charge is 0.223 e. The van der Waals surface area contributed by atoms with Gasteiger partial charge in [0, 0.05) is 44.2 Å². The molecule has 1 amide bonds. The zero-order valence-corrected chi connectivity index (χ0v) is 13.5. The Kier molecular flexibility index (Phi) is 5.17. The lowest BCUT2D eigenvalue weighted by Gasteiger charge is -2.49. The second-order valence-electron chi connectivity index (χ2n) is 7.04. The van der Waals surface area contributed by atoms with Gasteiger partial charge in [0.25, 0.3) is 0 Å². The molecule has 0 radical (unpaired) electrons. The minimum Gasteiger partial charge on any atom is -0.343 e. The van der Waals surface area contributed by atoms with Crippen molar-refractivity contribution in [2.75, 3.05) is 26.2 Å². The number of nitrogens with zero attached hydrogens (tertiary/aromatic N) is 2. The molecule has 0 spiro atoms. The number of piperidine rings is 2. The lowest BCUT2D eigenvalue weighted by Crippen LogP contribution is -2.56. The van der Waals surface area contributed by atoms with Crippen LogP contribution in [0, 0.1) is 0 Å². The van der Waals surface area contributed by atoms with Crippen molar-refractivity contribution < 1.29 is 4.79 Å². The molecule has 2 bridgehead atoms. The van der Waals surface area contributed by atoms with Crippen molar-refractivity contribution in [2.24, 2.45) is 0 Å². The fraction of sp³-hybridized carbons (Fsp3) is 0.941. The van der Waals surface area contributed by atoms with Crippen molar-refractivity contribution in [3.05, 3.63) is 0 Å². The molecule has 3 fully saturated rings. The van der Waals surface area contributed by atoms with Crippen LogP contribution in [0.15, 0.2) is 0 Å². The van der Waals surface area contributed by atoms with E-state index in [-0.39, 0.29) is 0 Å². The van der Waals surface area contributed by atoms with Crippen LogP contribution in [0.5, 0.6) is 0 Å². The van der Waals surface area contributed by atoms with Gasteiger partial charge in [0.1, 0.15) is 0 Å². The Morgan fingerprint density at radius 1 is 1.10 bits per heavy atom. The van der Waals surface area contributed by atoms with E-state index in [0.717, 1.165) is 32.6 Å². The van der Waals surface area contributed by atoms with Crippen molar-refractivity contribution in [1.82, 2.24) is 15.1 Å². The first-order chi connectivity index (χ1) is 10.3. The standard InChI is InChI=1S/C17H31N3O/c1-2-18-14-12-15-6-5-7-16(13-14)20(15)11-8-17(21)19-9-3-4-10-19/h14-16,18H,2-13H2,1H3. The van der Waals surface area contributed by atoms with Gasteiger partial charge in [0.15, 0.2) is 0 Å². The van der Waals surface area contributed by atoms with Crippen LogP contribution in [-0.2, 0) is 4.79 Å². The molecule has 0 aromatic heterocycles. The zero-order chi connectivity index (χ0) is 14.7. The third-order valence-corrected chi connectivity index (χ3v) is 5.66. The lowest BCUT2D eigenvalue weighted by molar-refractivity contribution is -0.131. The average molecular weight is 293 g/mol. The summed E-state index contributed by atoms with van der Waals surface area (Å²) in [5.41, 5.74) is 0. The highest BCUT2D eigenvalue weighted by atomic mass is 16.2. The number of carbonyl (C=O) groups is 1. The van der Waals surface area contributed by atoms with Crippen LogP contribution in [-0.4, -0.2) is 60.0 Å². The van der Waals surface area contributed by atoms with E-state index in [1.807, 2.05) is 0 Å². The van der Waals surface area contributed by atoms with Crippen molar-refractivity contribution in [1.29, 1.82) is 0 Å². The van der Waals surface area contributed by atoms with E-state index in [1.54, 1.807) is 0 Å². The lowest BCUT2D eigenvalue weighted by atomic mass is 9.81. The number of hydrogen-bond donors (Lipinski definition) is 1. The van der Waals surface area contributed by atoms with Crippen LogP contribution in [0.3, 0.4) is 0 Å². The number of amides is 1. The van der Waals surface area contributed by atoms with E-state index in [4.69, 9.17) is 0 Å². The molecule has 3 aliphatic heterocycles. The summed E-state index contributed by atoms with van der Waals surface area (Å²) in [4.78, 5) is 17.0. The third kappa shape index (κ3) is 3.59. The minimum atomic E-state index is 0.388. The second-order valence-corrected chi connectivity index (χ2v) is 7.04. The third-order valence-electron chi connectivity index (χ3n) is 5.66. The van der Waals surface area contributed by atoms with Gasteiger partial charge >= 0.3 is 0 Å². The van der Waals surface area contributed by atoms with Gasteiger partial charge in [-0.15, -0.1) is 0 Å². The van der Waals surface area contributed by atoms with E-state index in [0.29, 0.717) is 24.0 Å². The predicted octanol–water partition coefficient (Wildman–Crippen LogP) is 1.99. The first kappa shape index (κ1) is 15.3. The molecule has 0 aliphatic carbocycles. The molecule has 0 aromatic carbocycles. The molecule has 2 unspecified atom stereocenters. The molecule has 2 atom stereocenters. The van der Waals surface area contributed by atoms with Crippen molar-refractivity contribution in [3.8, 4) is 0 Å². The molecule has 4 nitrogen and oxygen atoms in total. The Hall–Kier alpha value is -0.610. The van der Waals surface area contributed by atoms with Crippen LogP contribution in [0.1, 0.15) is 58.3 Å². The van der Waals surface area contributed by atoms with Crippen LogP contribution >= 0.6 is 0 Å². The van der Waals surface area contributed by atoms with Gasteiger partial charge in [-0.05, 0) is 45.1 Å². The maximum absolute atomic E-state index is 12.3. The summed E-state index contributed by atoms with van der Waals surface area (Å²) in [6, 6.07) is 2.14. The Morgan fingerprint density at radius 2 is 1.76 bits per heavy atom. The summed E-state index contributed by atoms with van der Waals surface area (Å²) in [5.74, 6) is 0.388. The number of likely N-dealkylation sites (tertiary alicyclic amines) is 1. The number of rotatable bonds is 5. The van der Waals surface area contributed by atoms with Gasteiger partial charge in [-0.25, -0.2) is 0 Å². The Balaban J connectivity index is 1.51. The van der Waals surface area contributed by atoms with Crippen molar-refractivity contribution in [2.45, 2.75) is 76.4 Å². The van der Waals surface area contributed by atoms with E-state index >= 15 is 0 Å². The molecule has 4 heteroatoms. The summed E-state index contributed by atoms with van der Waals surface area (Å²) in [7, 11) is 0. The molecule has 3 aliphatic rings. The van der Waals surface area contributed by atoms with Crippen LogP contribution < -0.4 is 5.32 Å². The fourth-order valence-electron chi connectivity index (χ4n) is 4.65. The van der Waals surface area contributed by atoms with E-state index < -0.39 is 0 Å². The highest BCUT2D eigenvalue weighted by molar-refractivity contribution is 5.76. The second kappa shape index (κ2) is 7.10. The van der Waals surface area contributed by atoms with Crippen LogP contribution in [0.25, 0.3) is 0 Å². The first-order valence-electron chi connectivity index (χ1n) is 9.05. The van der Waals surface area contributed by atoms with Crippen LogP contribution in [0.2, 0.25) is 0 Å². The summed E-state index contributed by atoms with van der Waals surface area (Å²) in [5, 5.41) is 3.64. The number of fused-ring (bicyclic) bond motifs is 2. The Bertz CT molecular complexity index is 340. The van der Waals surface area contributed by atoms with E-state index in [1.165, 1.54) is 44.9 Å². The molecule has 0 saturated carbocycles. The highest BCUT2D eigenvalue weighted by Gasteiger charge is 2.37. The summed E-state index contributed by atoms with van der Waals surface area (Å²) in [6.45, 7) is 6.26. The van der Waals surface area contributed by atoms with Gasteiger partial charge in [0.2, 0.25) is 5.91 Å². The normalized spacial score (nSPS) is 33.4. The molecule has 3 saturated heterocycles. The Morgan fingerprint density at radius 3 is 2.38 bits per heavy atom. The van der Waals surface area contributed by atoms with E-state index in [2.05, 4.69) is 22.0 Å². The molecular formula is C17H31N3O. The number of nitrogens with one attached hydrogen (secondary N) is 1. The summed E-state index contributed by atoms with van der Waals surface area (Å²) < 4.78 is 0. The van der Waals surface area contributed by atoms with Gasteiger partial charge in [-0.2, -0.15) is 0 Å². The average Bonchev–Trinajstić information content (AvgIpc) is 2.99. The minimum absolute atomic E-state index is 0.388. The fourth-order valence-corrected chi connectivity index (χ4v) is 4.65. The first-order valence-corrected chi connectivity index (χ1v) is 9.05. The van der Waals surface area contributed by atoms with Crippen LogP contribution in [0.4, 0.5) is 0 Å². The largest absolute Gasteiger partial charge is 0.343 e. The summed E-state index contributed by atoms with van der Waals surface area (Å²) >= 11 is 0. The highest BCUT2D eigenvalue weighted by Crippen LogP contribution is 2.34. The molecule has 120 valence electrons. The Labute approximate surface area is 129 Å².